The summed E-state index contributed by atoms with van der Waals surface area (Å²) in [7, 11) is 1.59. The molecule has 0 saturated heterocycles. The van der Waals surface area contributed by atoms with Crippen LogP contribution in [0.3, 0.4) is 0 Å². The van der Waals surface area contributed by atoms with Gasteiger partial charge in [-0.15, -0.1) is 10.2 Å². The van der Waals surface area contributed by atoms with Crippen LogP contribution in [0.1, 0.15) is 5.82 Å². The molecule has 0 aliphatic heterocycles. The van der Waals surface area contributed by atoms with E-state index >= 15 is 0 Å². The first-order chi connectivity index (χ1) is 9.51. The number of carboxylic acids is 1. The normalized spacial score (nSPS) is 10.6. The van der Waals surface area contributed by atoms with Crippen molar-refractivity contribution in [2.75, 3.05) is 12.9 Å². The molecule has 1 heterocycles. The monoisotopic (exact) mass is 357 g/mol. The van der Waals surface area contributed by atoms with E-state index in [0.717, 1.165) is 21.9 Å². The zero-order valence-corrected chi connectivity index (χ0v) is 13.2. The number of rotatable bonds is 5. The van der Waals surface area contributed by atoms with Gasteiger partial charge in [0.15, 0.2) is 5.16 Å². The van der Waals surface area contributed by atoms with Gasteiger partial charge in [0.1, 0.15) is 11.6 Å². The lowest BCUT2D eigenvalue weighted by Crippen LogP contribution is -2.03. The number of hydrogen-bond acceptors (Lipinski definition) is 5. The largest absolute Gasteiger partial charge is 0.497 e. The number of benzene rings is 1. The molecule has 1 aromatic carbocycles. The van der Waals surface area contributed by atoms with Crippen LogP contribution >= 0.6 is 27.7 Å². The van der Waals surface area contributed by atoms with E-state index in [1.807, 2.05) is 25.1 Å². The van der Waals surface area contributed by atoms with Crippen molar-refractivity contribution < 1.29 is 14.6 Å². The number of thioether (sulfide) groups is 1. The summed E-state index contributed by atoms with van der Waals surface area (Å²) in [5.74, 6) is 0.409. The van der Waals surface area contributed by atoms with E-state index in [0.29, 0.717) is 16.7 Å². The zero-order valence-electron chi connectivity index (χ0n) is 10.8. The van der Waals surface area contributed by atoms with Crippen LogP contribution in [-0.2, 0) is 4.79 Å². The zero-order chi connectivity index (χ0) is 14.7. The highest BCUT2D eigenvalue weighted by atomic mass is 79.9. The molecule has 0 saturated carbocycles. The Hall–Kier alpha value is -1.54. The maximum atomic E-state index is 10.7. The topological polar surface area (TPSA) is 77.2 Å². The minimum Gasteiger partial charge on any atom is -0.497 e. The van der Waals surface area contributed by atoms with Crippen LogP contribution in [0.4, 0.5) is 0 Å². The molecule has 106 valence electrons. The summed E-state index contributed by atoms with van der Waals surface area (Å²) in [4.78, 5) is 10.7. The van der Waals surface area contributed by atoms with Crippen molar-refractivity contribution in [3.63, 3.8) is 0 Å². The molecule has 8 heteroatoms. The Bertz CT molecular complexity index is 645. The van der Waals surface area contributed by atoms with Crippen molar-refractivity contribution in [2.24, 2.45) is 0 Å². The third kappa shape index (κ3) is 3.31. The molecule has 0 aliphatic rings. The fourth-order valence-corrected chi connectivity index (χ4v) is 2.83. The number of aryl methyl sites for hydroxylation is 1. The third-order valence-electron chi connectivity index (χ3n) is 2.47. The van der Waals surface area contributed by atoms with E-state index in [2.05, 4.69) is 26.1 Å². The van der Waals surface area contributed by atoms with E-state index in [-0.39, 0.29) is 5.75 Å². The Morgan fingerprint density at radius 2 is 2.20 bits per heavy atom. The molecule has 2 rings (SSSR count). The van der Waals surface area contributed by atoms with E-state index in [1.165, 1.54) is 0 Å². The fourth-order valence-electron chi connectivity index (χ4n) is 1.65. The Kier molecular flexibility index (Phi) is 4.66. The summed E-state index contributed by atoms with van der Waals surface area (Å²) >= 11 is 4.54. The molecule has 2 aromatic rings. The van der Waals surface area contributed by atoms with Gasteiger partial charge in [0.2, 0.25) is 0 Å². The third-order valence-corrected chi connectivity index (χ3v) is 3.84. The number of hydrogen-bond donors (Lipinski definition) is 1. The average Bonchev–Trinajstić information content (AvgIpc) is 2.76. The van der Waals surface area contributed by atoms with E-state index < -0.39 is 5.97 Å². The van der Waals surface area contributed by atoms with Crippen molar-refractivity contribution >= 4 is 33.7 Å². The summed E-state index contributed by atoms with van der Waals surface area (Å²) in [5, 5.41) is 17.3. The number of aliphatic carboxylic acids is 1. The van der Waals surface area contributed by atoms with Crippen LogP contribution in [0, 0.1) is 6.92 Å². The SMILES string of the molecule is COc1cc(Br)cc(-n2c(C)nnc2SCC(=O)O)c1. The highest BCUT2D eigenvalue weighted by Gasteiger charge is 2.14. The second-order valence-electron chi connectivity index (χ2n) is 3.90. The van der Waals surface area contributed by atoms with Gasteiger partial charge < -0.3 is 9.84 Å². The lowest BCUT2D eigenvalue weighted by molar-refractivity contribution is -0.133. The molecule has 1 N–H and O–H groups in total. The molecular formula is C12H12BrN3O3S. The van der Waals surface area contributed by atoms with Gasteiger partial charge in [-0.25, -0.2) is 0 Å². The van der Waals surface area contributed by atoms with E-state index in [4.69, 9.17) is 9.84 Å². The molecule has 20 heavy (non-hydrogen) atoms. The average molecular weight is 358 g/mol. The number of halogens is 1. The van der Waals surface area contributed by atoms with Gasteiger partial charge in [0.25, 0.3) is 0 Å². The second-order valence-corrected chi connectivity index (χ2v) is 5.76. The molecule has 0 amide bonds. The van der Waals surface area contributed by atoms with Crippen molar-refractivity contribution in [2.45, 2.75) is 12.1 Å². The van der Waals surface area contributed by atoms with Gasteiger partial charge in [0, 0.05) is 10.5 Å². The lowest BCUT2D eigenvalue weighted by Gasteiger charge is -2.10. The van der Waals surface area contributed by atoms with Crippen LogP contribution < -0.4 is 4.74 Å². The summed E-state index contributed by atoms with van der Waals surface area (Å²) in [6.07, 6.45) is 0. The number of methoxy groups -OCH3 is 1. The Morgan fingerprint density at radius 1 is 1.45 bits per heavy atom. The first kappa shape index (κ1) is 14.9. The Morgan fingerprint density at radius 3 is 2.85 bits per heavy atom. The lowest BCUT2D eigenvalue weighted by atomic mass is 10.3. The van der Waals surface area contributed by atoms with Gasteiger partial charge in [-0.2, -0.15) is 0 Å². The predicted molar refractivity (Wildman–Crippen MR) is 78.7 cm³/mol. The molecule has 0 atom stereocenters. The predicted octanol–water partition coefficient (Wildman–Crippen LogP) is 2.52. The smallest absolute Gasteiger partial charge is 0.313 e. The Balaban J connectivity index is 2.43. The number of aromatic nitrogens is 3. The minimum absolute atomic E-state index is 0.0662. The van der Waals surface area contributed by atoms with Crippen LogP contribution in [0.5, 0.6) is 5.75 Å². The van der Waals surface area contributed by atoms with Gasteiger partial charge in [0.05, 0.1) is 18.6 Å². The van der Waals surface area contributed by atoms with Crippen molar-refractivity contribution in [1.82, 2.24) is 14.8 Å². The molecule has 0 aliphatic carbocycles. The van der Waals surface area contributed by atoms with Gasteiger partial charge >= 0.3 is 5.97 Å². The molecule has 0 bridgehead atoms. The molecule has 0 spiro atoms. The number of ether oxygens (including phenoxy) is 1. The molecule has 0 radical (unpaired) electrons. The van der Waals surface area contributed by atoms with Crippen LogP contribution in [-0.4, -0.2) is 38.7 Å². The van der Waals surface area contributed by atoms with Gasteiger partial charge in [-0.05, 0) is 19.1 Å². The molecule has 0 unspecified atom stereocenters. The summed E-state index contributed by atoms with van der Waals surface area (Å²) in [6, 6.07) is 5.57. The minimum atomic E-state index is -0.894. The maximum absolute atomic E-state index is 10.7. The fraction of sp³-hybridized carbons (Fsp3) is 0.250. The highest BCUT2D eigenvalue weighted by molar-refractivity contribution is 9.10. The van der Waals surface area contributed by atoms with Crippen LogP contribution in [0.2, 0.25) is 0 Å². The van der Waals surface area contributed by atoms with E-state index in [9.17, 15) is 4.79 Å². The van der Waals surface area contributed by atoms with Gasteiger partial charge in [-0.1, -0.05) is 27.7 Å². The summed E-state index contributed by atoms with van der Waals surface area (Å²) in [6.45, 7) is 1.81. The van der Waals surface area contributed by atoms with Gasteiger partial charge in [-0.3, -0.25) is 9.36 Å². The number of carboxylic acid groups (broad SMARTS) is 1. The number of nitrogens with zero attached hydrogens (tertiary/aromatic N) is 3. The molecular weight excluding hydrogens is 346 g/mol. The van der Waals surface area contributed by atoms with Crippen molar-refractivity contribution in [3.8, 4) is 11.4 Å². The standard InChI is InChI=1S/C12H12BrN3O3S/c1-7-14-15-12(20-6-11(17)18)16(7)9-3-8(13)4-10(5-9)19-2/h3-5H,6H2,1-2H3,(H,17,18). The molecule has 0 fully saturated rings. The first-order valence-electron chi connectivity index (χ1n) is 5.63. The summed E-state index contributed by atoms with van der Waals surface area (Å²) < 4.78 is 7.87. The van der Waals surface area contributed by atoms with E-state index in [1.54, 1.807) is 11.7 Å². The van der Waals surface area contributed by atoms with Crippen molar-refractivity contribution in [3.05, 3.63) is 28.5 Å². The Labute approximate surface area is 128 Å². The second kappa shape index (κ2) is 6.27. The number of carbonyl (C=O) groups is 1. The van der Waals surface area contributed by atoms with Crippen molar-refractivity contribution in [1.29, 1.82) is 0 Å². The van der Waals surface area contributed by atoms with Crippen LogP contribution in [0.25, 0.3) is 5.69 Å². The highest BCUT2D eigenvalue weighted by Crippen LogP contribution is 2.27. The maximum Gasteiger partial charge on any atom is 0.313 e. The summed E-state index contributed by atoms with van der Waals surface area (Å²) in [5.41, 5.74) is 0.812. The first-order valence-corrected chi connectivity index (χ1v) is 7.40. The van der Waals surface area contributed by atoms with Crippen LogP contribution in [0.15, 0.2) is 27.8 Å². The molecule has 6 nitrogen and oxygen atoms in total. The quantitative estimate of drug-likeness (QED) is 0.828. The molecule has 1 aromatic heterocycles.